The van der Waals surface area contributed by atoms with Gasteiger partial charge in [0.2, 0.25) is 0 Å². The monoisotopic (exact) mass is 275 g/mol. The Kier molecular flexibility index (Phi) is 6.06. The highest BCUT2D eigenvalue weighted by atomic mass is 16.3. The Hall–Kier alpha value is -0.860. The van der Waals surface area contributed by atoms with Gasteiger partial charge in [-0.3, -0.25) is 0 Å². The van der Waals surface area contributed by atoms with Crippen molar-refractivity contribution in [3.63, 3.8) is 0 Å². The molecule has 0 aliphatic heterocycles. The fourth-order valence-electron chi connectivity index (χ4n) is 3.36. The Morgan fingerprint density at radius 3 is 2.30 bits per heavy atom. The Bertz CT molecular complexity index is 368. The number of hydrogen-bond donors (Lipinski definition) is 2. The van der Waals surface area contributed by atoms with Crippen molar-refractivity contribution in [2.75, 3.05) is 6.61 Å². The third-order valence-electron chi connectivity index (χ3n) is 4.73. The standard InChI is InChI=1S/C18H29NO/c1-14(2)16-8-10-17(11-9-16)19-18(13-20)12-15-6-4-3-5-7-15/h3-7,14,16-20H,8-13H2,1-2H3/t16?,17?,18-/m0/s1. The van der Waals surface area contributed by atoms with E-state index in [1.54, 1.807) is 0 Å². The molecule has 1 atom stereocenters. The minimum atomic E-state index is 0.193. The lowest BCUT2D eigenvalue weighted by atomic mass is 9.79. The Labute approximate surface area is 123 Å². The number of rotatable bonds is 6. The lowest BCUT2D eigenvalue weighted by molar-refractivity contribution is 0.192. The van der Waals surface area contributed by atoms with Crippen LogP contribution in [0.4, 0.5) is 0 Å². The number of nitrogens with one attached hydrogen (secondary N) is 1. The first-order valence-corrected chi connectivity index (χ1v) is 8.10. The lowest BCUT2D eigenvalue weighted by Gasteiger charge is -2.33. The zero-order valence-electron chi connectivity index (χ0n) is 12.9. The predicted molar refractivity (Wildman–Crippen MR) is 84.7 cm³/mol. The molecule has 0 heterocycles. The number of benzene rings is 1. The summed E-state index contributed by atoms with van der Waals surface area (Å²) in [7, 11) is 0. The zero-order valence-corrected chi connectivity index (χ0v) is 12.9. The van der Waals surface area contributed by atoms with Crippen molar-refractivity contribution in [2.24, 2.45) is 11.8 Å². The molecule has 0 saturated heterocycles. The van der Waals surface area contributed by atoms with E-state index in [4.69, 9.17) is 0 Å². The number of aliphatic hydroxyl groups excluding tert-OH is 1. The minimum Gasteiger partial charge on any atom is -0.395 e. The summed E-state index contributed by atoms with van der Waals surface area (Å²) in [5.74, 6) is 1.71. The van der Waals surface area contributed by atoms with E-state index in [1.807, 2.05) is 6.07 Å². The van der Waals surface area contributed by atoms with Crippen molar-refractivity contribution in [3.8, 4) is 0 Å². The fourth-order valence-corrected chi connectivity index (χ4v) is 3.36. The van der Waals surface area contributed by atoms with Gasteiger partial charge in [0.25, 0.3) is 0 Å². The molecule has 0 spiro atoms. The molecule has 2 heteroatoms. The van der Waals surface area contributed by atoms with Crippen LogP contribution in [-0.4, -0.2) is 23.8 Å². The second kappa shape index (κ2) is 7.80. The average Bonchev–Trinajstić information content (AvgIpc) is 2.48. The Morgan fingerprint density at radius 2 is 1.75 bits per heavy atom. The molecular formula is C18H29NO. The summed E-state index contributed by atoms with van der Waals surface area (Å²) >= 11 is 0. The summed E-state index contributed by atoms with van der Waals surface area (Å²) in [5, 5.41) is 13.3. The lowest BCUT2D eigenvalue weighted by Crippen LogP contribution is -2.44. The van der Waals surface area contributed by atoms with Gasteiger partial charge in [-0.15, -0.1) is 0 Å². The van der Waals surface area contributed by atoms with Crippen molar-refractivity contribution < 1.29 is 5.11 Å². The molecule has 0 radical (unpaired) electrons. The maximum Gasteiger partial charge on any atom is 0.0587 e. The molecule has 2 nitrogen and oxygen atoms in total. The van der Waals surface area contributed by atoms with Crippen LogP contribution >= 0.6 is 0 Å². The van der Waals surface area contributed by atoms with Gasteiger partial charge < -0.3 is 10.4 Å². The van der Waals surface area contributed by atoms with Gasteiger partial charge in [0.1, 0.15) is 0 Å². The molecule has 1 fully saturated rings. The molecule has 0 unspecified atom stereocenters. The van der Waals surface area contributed by atoms with Crippen LogP contribution in [0.3, 0.4) is 0 Å². The number of hydrogen-bond acceptors (Lipinski definition) is 2. The fraction of sp³-hybridized carbons (Fsp3) is 0.667. The molecule has 2 rings (SSSR count). The SMILES string of the molecule is CC(C)C1CCC(N[C@H](CO)Cc2ccccc2)CC1. The molecule has 1 aromatic carbocycles. The van der Waals surface area contributed by atoms with E-state index < -0.39 is 0 Å². The quantitative estimate of drug-likeness (QED) is 0.834. The van der Waals surface area contributed by atoms with Gasteiger partial charge in [0, 0.05) is 12.1 Å². The highest BCUT2D eigenvalue weighted by molar-refractivity contribution is 5.16. The van der Waals surface area contributed by atoms with Crippen molar-refractivity contribution in [1.29, 1.82) is 0 Å². The molecule has 2 N–H and O–H groups in total. The highest BCUT2D eigenvalue weighted by Crippen LogP contribution is 2.30. The van der Waals surface area contributed by atoms with Gasteiger partial charge >= 0.3 is 0 Å². The molecule has 0 amide bonds. The first-order chi connectivity index (χ1) is 9.69. The predicted octanol–water partition coefficient (Wildman–Crippen LogP) is 3.39. The summed E-state index contributed by atoms with van der Waals surface area (Å²) in [5.41, 5.74) is 1.30. The van der Waals surface area contributed by atoms with Crippen molar-refractivity contribution in [2.45, 2.75) is 58.0 Å². The summed E-state index contributed by atoms with van der Waals surface area (Å²) in [6.07, 6.45) is 6.10. The maximum absolute atomic E-state index is 9.60. The van der Waals surface area contributed by atoms with E-state index in [1.165, 1.54) is 31.2 Å². The zero-order chi connectivity index (χ0) is 14.4. The molecule has 112 valence electrons. The van der Waals surface area contributed by atoms with Crippen LogP contribution in [0, 0.1) is 11.8 Å². The molecule has 20 heavy (non-hydrogen) atoms. The van der Waals surface area contributed by atoms with Gasteiger partial charge in [-0.2, -0.15) is 0 Å². The molecule has 0 aromatic heterocycles. The Balaban J connectivity index is 1.79. The first-order valence-electron chi connectivity index (χ1n) is 8.10. The van der Waals surface area contributed by atoms with Gasteiger partial charge in [-0.05, 0) is 49.5 Å². The summed E-state index contributed by atoms with van der Waals surface area (Å²) in [6, 6.07) is 11.2. The van der Waals surface area contributed by atoms with Crippen LogP contribution in [0.5, 0.6) is 0 Å². The molecule has 1 aliphatic rings. The second-order valence-corrected chi connectivity index (χ2v) is 6.59. The smallest absolute Gasteiger partial charge is 0.0587 e. The van der Waals surface area contributed by atoms with Crippen LogP contribution in [-0.2, 0) is 6.42 Å². The summed E-state index contributed by atoms with van der Waals surface area (Å²) in [4.78, 5) is 0. The van der Waals surface area contributed by atoms with Crippen LogP contribution in [0.25, 0.3) is 0 Å². The van der Waals surface area contributed by atoms with Gasteiger partial charge in [-0.25, -0.2) is 0 Å². The first kappa shape index (κ1) is 15.5. The number of aliphatic hydroxyl groups is 1. The van der Waals surface area contributed by atoms with E-state index in [0.29, 0.717) is 6.04 Å². The molecule has 1 aliphatic carbocycles. The van der Waals surface area contributed by atoms with Crippen LogP contribution in [0.2, 0.25) is 0 Å². The second-order valence-electron chi connectivity index (χ2n) is 6.59. The summed E-state index contributed by atoms with van der Waals surface area (Å²) < 4.78 is 0. The van der Waals surface area contributed by atoms with Gasteiger partial charge in [0.05, 0.1) is 6.61 Å². The normalized spacial score (nSPS) is 24.8. The van der Waals surface area contributed by atoms with Crippen LogP contribution in [0.1, 0.15) is 45.1 Å². The van der Waals surface area contributed by atoms with Crippen molar-refractivity contribution >= 4 is 0 Å². The van der Waals surface area contributed by atoms with E-state index in [2.05, 4.69) is 43.4 Å². The van der Waals surface area contributed by atoms with Crippen LogP contribution in [0.15, 0.2) is 30.3 Å². The third-order valence-corrected chi connectivity index (χ3v) is 4.73. The van der Waals surface area contributed by atoms with Gasteiger partial charge in [-0.1, -0.05) is 44.2 Å². The highest BCUT2D eigenvalue weighted by Gasteiger charge is 2.24. The van der Waals surface area contributed by atoms with Crippen molar-refractivity contribution in [3.05, 3.63) is 35.9 Å². The topological polar surface area (TPSA) is 32.3 Å². The third kappa shape index (κ3) is 4.60. The molecule has 0 bridgehead atoms. The van der Waals surface area contributed by atoms with Gasteiger partial charge in [0.15, 0.2) is 0 Å². The maximum atomic E-state index is 9.60. The average molecular weight is 275 g/mol. The van der Waals surface area contributed by atoms with E-state index >= 15 is 0 Å². The summed E-state index contributed by atoms with van der Waals surface area (Å²) in [6.45, 7) is 4.90. The van der Waals surface area contributed by atoms with E-state index in [-0.39, 0.29) is 12.6 Å². The van der Waals surface area contributed by atoms with E-state index in [0.717, 1.165) is 18.3 Å². The molecule has 1 saturated carbocycles. The minimum absolute atomic E-state index is 0.193. The van der Waals surface area contributed by atoms with Crippen LogP contribution < -0.4 is 5.32 Å². The van der Waals surface area contributed by atoms with E-state index in [9.17, 15) is 5.11 Å². The van der Waals surface area contributed by atoms with Crippen molar-refractivity contribution in [1.82, 2.24) is 5.32 Å². The molecular weight excluding hydrogens is 246 g/mol. The Morgan fingerprint density at radius 1 is 1.10 bits per heavy atom. The largest absolute Gasteiger partial charge is 0.395 e. The molecule has 1 aromatic rings.